The molecule has 0 amide bonds. The van der Waals surface area contributed by atoms with Gasteiger partial charge in [0.15, 0.2) is 0 Å². The van der Waals surface area contributed by atoms with Gasteiger partial charge in [0.2, 0.25) is 11.6 Å². The van der Waals surface area contributed by atoms with Crippen LogP contribution >= 0.6 is 0 Å². The topological polar surface area (TPSA) is 82.5 Å². The summed E-state index contributed by atoms with van der Waals surface area (Å²) in [5.41, 5.74) is 0.916. The second kappa shape index (κ2) is 4.95. The predicted octanol–water partition coefficient (Wildman–Crippen LogP) is 0.574. The van der Waals surface area contributed by atoms with Crippen LogP contribution in [0.25, 0.3) is 0 Å². The molecule has 0 fully saturated rings. The minimum absolute atomic E-state index is 0.0411. The van der Waals surface area contributed by atoms with Gasteiger partial charge < -0.3 is 14.9 Å². The Kier molecular flexibility index (Phi) is 3.88. The molecule has 0 aromatic carbocycles. The van der Waals surface area contributed by atoms with Gasteiger partial charge in [0.1, 0.15) is 12.7 Å². The second-order valence-corrected chi connectivity index (χ2v) is 3.34. The molecular formula is C10H14NO4. The van der Waals surface area contributed by atoms with E-state index >= 15 is 0 Å². The molecule has 0 bridgehead atoms. The van der Waals surface area contributed by atoms with Crippen LogP contribution < -0.4 is 4.74 Å². The summed E-state index contributed by atoms with van der Waals surface area (Å²) in [4.78, 5) is 3.91. The van der Waals surface area contributed by atoms with Gasteiger partial charge in [-0.1, -0.05) is 0 Å². The van der Waals surface area contributed by atoms with Crippen molar-refractivity contribution < 1.29 is 20.1 Å². The summed E-state index contributed by atoms with van der Waals surface area (Å²) in [5.74, 6) is 0.183. The lowest BCUT2D eigenvalue weighted by molar-refractivity contribution is 0.0520. The predicted molar refractivity (Wildman–Crippen MR) is 52.4 cm³/mol. The van der Waals surface area contributed by atoms with Crippen molar-refractivity contribution in [2.45, 2.75) is 20.0 Å². The Hall–Kier alpha value is -1.33. The molecular weight excluding hydrogens is 198 g/mol. The van der Waals surface area contributed by atoms with E-state index in [0.29, 0.717) is 11.3 Å². The van der Waals surface area contributed by atoms with Crippen molar-refractivity contribution >= 4 is 0 Å². The summed E-state index contributed by atoms with van der Waals surface area (Å²) >= 11 is 0. The Bertz CT molecular complexity index is 317. The number of hydrogen-bond donors (Lipinski definition) is 2. The number of rotatable bonds is 4. The number of ether oxygens (including phenoxy) is 1. The molecule has 2 N–H and O–H groups in total. The van der Waals surface area contributed by atoms with Crippen molar-refractivity contribution in [1.82, 2.24) is 4.98 Å². The Morgan fingerprint density at radius 1 is 1.53 bits per heavy atom. The Balaban J connectivity index is 2.70. The lowest BCUT2D eigenvalue weighted by Gasteiger charge is -2.10. The Morgan fingerprint density at radius 2 is 2.20 bits per heavy atom. The van der Waals surface area contributed by atoms with Crippen LogP contribution in [0.1, 0.15) is 11.3 Å². The van der Waals surface area contributed by atoms with Crippen molar-refractivity contribution in [2.75, 3.05) is 13.2 Å². The van der Waals surface area contributed by atoms with Gasteiger partial charge in [0, 0.05) is 11.6 Å². The van der Waals surface area contributed by atoms with Crippen LogP contribution in [0.4, 0.5) is 0 Å². The second-order valence-electron chi connectivity index (χ2n) is 3.34. The molecule has 0 saturated heterocycles. The minimum atomic E-state index is -0.931. The average molecular weight is 212 g/mol. The zero-order valence-electron chi connectivity index (χ0n) is 8.73. The largest absolute Gasteiger partial charge is 0.475 e. The SMILES string of the molecule is Cc1cc(OCC(O)CO)nc(C)c1[O]. The fraction of sp³-hybridized carbons (Fsp3) is 0.500. The zero-order chi connectivity index (χ0) is 11.4. The highest BCUT2D eigenvalue weighted by Crippen LogP contribution is 2.24. The Labute approximate surface area is 88.0 Å². The third-order valence-corrected chi connectivity index (χ3v) is 1.94. The van der Waals surface area contributed by atoms with Gasteiger partial charge in [-0.15, -0.1) is 0 Å². The normalized spacial score (nSPS) is 12.5. The third-order valence-electron chi connectivity index (χ3n) is 1.94. The van der Waals surface area contributed by atoms with Crippen LogP contribution in [-0.2, 0) is 5.11 Å². The van der Waals surface area contributed by atoms with Crippen LogP contribution in [0, 0.1) is 13.8 Å². The van der Waals surface area contributed by atoms with E-state index in [1.165, 1.54) is 6.07 Å². The van der Waals surface area contributed by atoms with E-state index in [2.05, 4.69) is 4.98 Å². The van der Waals surface area contributed by atoms with Gasteiger partial charge >= 0.3 is 0 Å². The number of aromatic nitrogens is 1. The van der Waals surface area contributed by atoms with Crippen molar-refractivity contribution in [2.24, 2.45) is 0 Å². The fourth-order valence-corrected chi connectivity index (χ4v) is 1.09. The van der Waals surface area contributed by atoms with Gasteiger partial charge in [-0.25, -0.2) is 4.98 Å². The summed E-state index contributed by atoms with van der Waals surface area (Å²) in [5, 5.41) is 28.9. The molecule has 1 radical (unpaired) electrons. The molecule has 0 saturated carbocycles. The van der Waals surface area contributed by atoms with Gasteiger partial charge in [0.25, 0.3) is 0 Å². The summed E-state index contributed by atoms with van der Waals surface area (Å²) in [6, 6.07) is 1.51. The van der Waals surface area contributed by atoms with Crippen LogP contribution in [-0.4, -0.2) is 34.5 Å². The van der Waals surface area contributed by atoms with Gasteiger partial charge in [-0.2, -0.15) is 0 Å². The molecule has 0 aliphatic heterocycles. The van der Waals surface area contributed by atoms with Crippen LogP contribution in [0.3, 0.4) is 0 Å². The molecule has 15 heavy (non-hydrogen) atoms. The first-order valence-electron chi connectivity index (χ1n) is 4.61. The average Bonchev–Trinajstić information content (AvgIpc) is 2.22. The van der Waals surface area contributed by atoms with E-state index in [1.54, 1.807) is 13.8 Å². The molecule has 5 heteroatoms. The Morgan fingerprint density at radius 3 is 2.73 bits per heavy atom. The van der Waals surface area contributed by atoms with E-state index in [0.717, 1.165) is 0 Å². The highest BCUT2D eigenvalue weighted by atomic mass is 16.5. The molecule has 1 unspecified atom stereocenters. The molecule has 1 aromatic rings. The minimum Gasteiger partial charge on any atom is -0.475 e. The van der Waals surface area contributed by atoms with Crippen LogP contribution in [0.2, 0.25) is 0 Å². The van der Waals surface area contributed by atoms with E-state index in [-0.39, 0.29) is 24.8 Å². The van der Waals surface area contributed by atoms with E-state index in [4.69, 9.17) is 14.9 Å². The van der Waals surface area contributed by atoms with Crippen molar-refractivity contribution in [3.63, 3.8) is 0 Å². The van der Waals surface area contributed by atoms with Crippen molar-refractivity contribution in [1.29, 1.82) is 0 Å². The summed E-state index contributed by atoms with van der Waals surface area (Å²) in [6.07, 6.45) is -0.931. The van der Waals surface area contributed by atoms with E-state index < -0.39 is 6.10 Å². The monoisotopic (exact) mass is 212 g/mol. The van der Waals surface area contributed by atoms with Crippen molar-refractivity contribution in [3.8, 4) is 11.6 Å². The van der Waals surface area contributed by atoms with Gasteiger partial charge in [0.05, 0.1) is 12.3 Å². The quantitative estimate of drug-likeness (QED) is 0.764. The van der Waals surface area contributed by atoms with E-state index in [9.17, 15) is 5.11 Å². The maximum absolute atomic E-state index is 11.3. The third kappa shape index (κ3) is 3.07. The highest BCUT2D eigenvalue weighted by molar-refractivity contribution is 5.37. The number of hydrogen-bond acceptors (Lipinski definition) is 4. The van der Waals surface area contributed by atoms with Crippen LogP contribution in [0.15, 0.2) is 6.07 Å². The smallest absolute Gasteiger partial charge is 0.214 e. The standard InChI is InChI=1S/C10H14NO4/c1-6-3-9(11-7(2)10(6)14)15-5-8(13)4-12/h3,8,12-13H,4-5H2,1-2H3. The lowest BCUT2D eigenvalue weighted by atomic mass is 10.2. The molecule has 83 valence electrons. The molecule has 1 rings (SSSR count). The summed E-state index contributed by atoms with van der Waals surface area (Å²) < 4.78 is 5.12. The molecule has 1 atom stereocenters. The zero-order valence-corrected chi connectivity index (χ0v) is 8.73. The van der Waals surface area contributed by atoms with Crippen LogP contribution in [0.5, 0.6) is 11.6 Å². The molecule has 0 spiro atoms. The molecule has 1 heterocycles. The molecule has 0 aliphatic rings. The fourth-order valence-electron chi connectivity index (χ4n) is 1.09. The van der Waals surface area contributed by atoms with Gasteiger partial charge in [-0.3, -0.25) is 5.11 Å². The van der Waals surface area contributed by atoms with Gasteiger partial charge in [-0.05, 0) is 13.8 Å². The first-order chi connectivity index (χ1) is 7.04. The molecule has 1 aromatic heterocycles. The number of aliphatic hydroxyl groups excluding tert-OH is 2. The van der Waals surface area contributed by atoms with E-state index in [1.807, 2.05) is 0 Å². The number of aryl methyl sites for hydroxylation is 2. The lowest BCUT2D eigenvalue weighted by Crippen LogP contribution is -2.21. The molecule has 0 aliphatic carbocycles. The first kappa shape index (κ1) is 11.7. The van der Waals surface area contributed by atoms with Crippen molar-refractivity contribution in [3.05, 3.63) is 17.3 Å². The maximum atomic E-state index is 11.3. The number of nitrogens with zero attached hydrogens (tertiary/aromatic N) is 1. The number of aliphatic hydroxyl groups is 2. The number of pyridine rings is 1. The summed E-state index contributed by atoms with van der Waals surface area (Å²) in [7, 11) is 0. The summed E-state index contributed by atoms with van der Waals surface area (Å²) in [6.45, 7) is 2.87. The molecule has 5 nitrogen and oxygen atoms in total. The first-order valence-corrected chi connectivity index (χ1v) is 4.61. The maximum Gasteiger partial charge on any atom is 0.214 e. The highest BCUT2D eigenvalue weighted by Gasteiger charge is 2.09.